The predicted octanol–water partition coefficient (Wildman–Crippen LogP) is 1.23. The van der Waals surface area contributed by atoms with Gasteiger partial charge in [-0.05, 0) is 50.3 Å². The maximum absolute atomic E-state index is 12.9. The first kappa shape index (κ1) is 18.8. The van der Waals surface area contributed by atoms with Gasteiger partial charge in [-0.2, -0.15) is 5.10 Å². The standard InChI is InChI=1S/C18H23N7O2S/c1-11-2-7-14(28(26,27)24-13-5-3-12(19)4-6-13)8-15(11)16-9-21-18-17(20)22-10-23-25(16)18/h2,7-10,12-13,24H,3-6,19H2,1H3,(H2,20,22,23)/t12-,13-. The first-order valence-electron chi connectivity index (χ1n) is 9.18. The summed E-state index contributed by atoms with van der Waals surface area (Å²) in [7, 11) is -3.65. The molecule has 5 N–H and O–H groups in total. The van der Waals surface area contributed by atoms with Gasteiger partial charge in [0.15, 0.2) is 11.5 Å². The second-order valence-electron chi connectivity index (χ2n) is 7.23. The normalized spacial score (nSPS) is 20.5. The number of nitrogens with zero attached hydrogens (tertiary/aromatic N) is 4. The highest BCUT2D eigenvalue weighted by atomic mass is 32.2. The Morgan fingerprint density at radius 1 is 1.18 bits per heavy atom. The minimum Gasteiger partial charge on any atom is -0.381 e. The van der Waals surface area contributed by atoms with Crippen LogP contribution in [0, 0.1) is 6.92 Å². The highest BCUT2D eigenvalue weighted by Gasteiger charge is 2.25. The average Bonchev–Trinajstić information content (AvgIpc) is 3.09. The Morgan fingerprint density at radius 3 is 2.68 bits per heavy atom. The summed E-state index contributed by atoms with van der Waals surface area (Å²) in [5.41, 5.74) is 14.5. The fourth-order valence-electron chi connectivity index (χ4n) is 3.59. The average molecular weight is 401 g/mol. The molecule has 10 heteroatoms. The van der Waals surface area contributed by atoms with Gasteiger partial charge in [0.25, 0.3) is 0 Å². The van der Waals surface area contributed by atoms with Crippen molar-refractivity contribution in [3.8, 4) is 11.3 Å². The summed E-state index contributed by atoms with van der Waals surface area (Å²) in [5.74, 6) is 0.264. The largest absolute Gasteiger partial charge is 0.381 e. The van der Waals surface area contributed by atoms with Crippen molar-refractivity contribution >= 4 is 21.5 Å². The Kier molecular flexibility index (Phi) is 4.77. The van der Waals surface area contributed by atoms with Gasteiger partial charge in [0.05, 0.1) is 16.8 Å². The molecule has 0 atom stereocenters. The van der Waals surface area contributed by atoms with Crippen LogP contribution in [0.25, 0.3) is 16.9 Å². The van der Waals surface area contributed by atoms with Crippen molar-refractivity contribution in [2.45, 2.75) is 49.6 Å². The molecule has 2 aromatic heterocycles. The van der Waals surface area contributed by atoms with E-state index in [0.717, 1.165) is 36.8 Å². The highest BCUT2D eigenvalue weighted by molar-refractivity contribution is 7.89. The Morgan fingerprint density at radius 2 is 1.93 bits per heavy atom. The van der Waals surface area contributed by atoms with Gasteiger partial charge in [0.2, 0.25) is 10.0 Å². The van der Waals surface area contributed by atoms with Crippen LogP contribution < -0.4 is 16.2 Å². The molecule has 28 heavy (non-hydrogen) atoms. The SMILES string of the molecule is Cc1ccc(S(=O)(=O)N[C@H]2CC[C@H](N)CC2)cc1-c1cnc2c(N)ncnn12. The Bertz CT molecular complexity index is 1120. The highest BCUT2D eigenvalue weighted by Crippen LogP contribution is 2.28. The van der Waals surface area contributed by atoms with E-state index in [1.807, 2.05) is 6.92 Å². The minimum atomic E-state index is -3.65. The molecular formula is C18H23N7O2S. The van der Waals surface area contributed by atoms with Crippen molar-refractivity contribution in [1.82, 2.24) is 24.3 Å². The molecule has 4 rings (SSSR count). The van der Waals surface area contributed by atoms with Crippen LogP contribution in [-0.4, -0.2) is 40.1 Å². The molecule has 0 saturated heterocycles. The smallest absolute Gasteiger partial charge is 0.240 e. The molecule has 3 aromatic rings. The Balaban J connectivity index is 1.69. The summed E-state index contributed by atoms with van der Waals surface area (Å²) >= 11 is 0. The number of hydrogen-bond donors (Lipinski definition) is 3. The van der Waals surface area contributed by atoms with Gasteiger partial charge in [0.1, 0.15) is 6.33 Å². The van der Waals surface area contributed by atoms with E-state index in [0.29, 0.717) is 11.3 Å². The summed E-state index contributed by atoms with van der Waals surface area (Å²) in [6.45, 7) is 1.91. The van der Waals surface area contributed by atoms with Crippen LogP contribution >= 0.6 is 0 Å². The van der Waals surface area contributed by atoms with E-state index < -0.39 is 10.0 Å². The first-order chi connectivity index (χ1) is 13.3. The second-order valence-corrected chi connectivity index (χ2v) is 8.95. The fourth-order valence-corrected chi connectivity index (χ4v) is 4.92. The lowest BCUT2D eigenvalue weighted by Gasteiger charge is -2.26. The van der Waals surface area contributed by atoms with E-state index in [9.17, 15) is 8.42 Å². The van der Waals surface area contributed by atoms with Gasteiger partial charge < -0.3 is 11.5 Å². The quantitative estimate of drug-likeness (QED) is 0.597. The zero-order valence-corrected chi connectivity index (χ0v) is 16.4. The second kappa shape index (κ2) is 7.12. The maximum Gasteiger partial charge on any atom is 0.240 e. The number of imidazole rings is 1. The van der Waals surface area contributed by atoms with Crippen LogP contribution in [0.2, 0.25) is 0 Å². The van der Waals surface area contributed by atoms with Crippen LogP contribution in [-0.2, 0) is 10.0 Å². The number of benzene rings is 1. The molecule has 1 aliphatic carbocycles. The molecule has 1 aromatic carbocycles. The molecule has 2 heterocycles. The summed E-state index contributed by atoms with van der Waals surface area (Å²) < 4.78 is 30.2. The van der Waals surface area contributed by atoms with Crippen molar-refractivity contribution in [3.05, 3.63) is 36.3 Å². The molecule has 1 saturated carbocycles. The molecule has 1 aliphatic rings. The summed E-state index contributed by atoms with van der Waals surface area (Å²) in [6.07, 6.45) is 6.13. The number of anilines is 1. The van der Waals surface area contributed by atoms with Crippen LogP contribution in [0.3, 0.4) is 0 Å². The van der Waals surface area contributed by atoms with Gasteiger partial charge in [0, 0.05) is 17.6 Å². The molecular weight excluding hydrogens is 378 g/mol. The van der Waals surface area contributed by atoms with E-state index in [1.54, 1.807) is 28.9 Å². The number of aromatic nitrogens is 4. The number of nitrogens with two attached hydrogens (primary N) is 2. The number of nitrogens with one attached hydrogen (secondary N) is 1. The zero-order chi connectivity index (χ0) is 19.9. The summed E-state index contributed by atoms with van der Waals surface area (Å²) in [6, 6.07) is 5.12. The number of nitrogen functional groups attached to an aromatic ring is 1. The predicted molar refractivity (Wildman–Crippen MR) is 106 cm³/mol. The third kappa shape index (κ3) is 3.46. The van der Waals surface area contributed by atoms with Gasteiger partial charge in [-0.25, -0.2) is 27.6 Å². The molecule has 0 aliphatic heterocycles. The van der Waals surface area contributed by atoms with Crippen molar-refractivity contribution in [1.29, 1.82) is 0 Å². The van der Waals surface area contributed by atoms with Gasteiger partial charge >= 0.3 is 0 Å². The van der Waals surface area contributed by atoms with E-state index in [4.69, 9.17) is 11.5 Å². The lowest BCUT2D eigenvalue weighted by molar-refractivity contribution is 0.373. The molecule has 148 valence electrons. The topological polar surface area (TPSA) is 141 Å². The number of rotatable bonds is 4. The van der Waals surface area contributed by atoms with Crippen LogP contribution in [0.1, 0.15) is 31.2 Å². The first-order valence-corrected chi connectivity index (χ1v) is 10.7. The lowest BCUT2D eigenvalue weighted by atomic mass is 9.93. The summed E-state index contributed by atoms with van der Waals surface area (Å²) in [5, 5.41) is 4.20. The molecule has 0 amide bonds. The minimum absolute atomic E-state index is 0.0853. The molecule has 1 fully saturated rings. The van der Waals surface area contributed by atoms with Crippen molar-refractivity contribution in [2.75, 3.05) is 5.73 Å². The van der Waals surface area contributed by atoms with Crippen LogP contribution in [0.4, 0.5) is 5.82 Å². The van der Waals surface area contributed by atoms with Crippen LogP contribution in [0.5, 0.6) is 0 Å². The van der Waals surface area contributed by atoms with Crippen molar-refractivity contribution in [2.24, 2.45) is 5.73 Å². The molecule has 0 radical (unpaired) electrons. The van der Waals surface area contributed by atoms with Crippen molar-refractivity contribution < 1.29 is 8.42 Å². The molecule has 9 nitrogen and oxygen atoms in total. The number of aryl methyl sites for hydroxylation is 1. The van der Waals surface area contributed by atoms with E-state index >= 15 is 0 Å². The number of fused-ring (bicyclic) bond motifs is 1. The van der Waals surface area contributed by atoms with Gasteiger partial charge in [-0.15, -0.1) is 0 Å². The van der Waals surface area contributed by atoms with Crippen LogP contribution in [0.15, 0.2) is 35.6 Å². The maximum atomic E-state index is 12.9. The van der Waals surface area contributed by atoms with Gasteiger partial charge in [-0.1, -0.05) is 6.07 Å². The Hall–Kier alpha value is -2.56. The number of hydrogen-bond acceptors (Lipinski definition) is 7. The van der Waals surface area contributed by atoms with E-state index in [1.165, 1.54) is 6.33 Å². The molecule has 0 spiro atoms. The zero-order valence-electron chi connectivity index (χ0n) is 15.5. The van der Waals surface area contributed by atoms with E-state index in [2.05, 4.69) is 19.8 Å². The molecule has 0 unspecified atom stereocenters. The van der Waals surface area contributed by atoms with Gasteiger partial charge in [-0.3, -0.25) is 0 Å². The lowest BCUT2D eigenvalue weighted by Crippen LogP contribution is -2.40. The number of sulfonamides is 1. The fraction of sp³-hybridized carbons (Fsp3) is 0.389. The van der Waals surface area contributed by atoms with Crippen molar-refractivity contribution in [3.63, 3.8) is 0 Å². The monoisotopic (exact) mass is 401 g/mol. The third-order valence-electron chi connectivity index (χ3n) is 5.22. The Labute approximate surface area is 163 Å². The molecule has 0 bridgehead atoms. The summed E-state index contributed by atoms with van der Waals surface area (Å²) in [4.78, 5) is 8.40. The third-order valence-corrected chi connectivity index (χ3v) is 6.74. The van der Waals surface area contributed by atoms with E-state index in [-0.39, 0.29) is 22.8 Å².